The molecule has 0 saturated heterocycles. The van der Waals surface area contributed by atoms with Crippen LogP contribution < -0.4 is 0 Å². The number of nitrogens with zero attached hydrogens (tertiary/aromatic N) is 3. The molecule has 16 heavy (non-hydrogen) atoms. The first-order valence-electron chi connectivity index (χ1n) is 4.89. The number of carboxylic acids is 1. The summed E-state index contributed by atoms with van der Waals surface area (Å²) >= 11 is 0. The molecule has 0 aliphatic heterocycles. The minimum absolute atomic E-state index is 0.00340. The van der Waals surface area contributed by atoms with Gasteiger partial charge in [-0.3, -0.25) is 9.48 Å². The molecule has 0 bridgehead atoms. The number of hydrogen-bond donors (Lipinski definition) is 2. The van der Waals surface area contributed by atoms with Gasteiger partial charge in [0.15, 0.2) is 0 Å². The smallest absolute Gasteiger partial charge is 0.305 e. The quantitative estimate of drug-likeness (QED) is 0.641. The van der Waals surface area contributed by atoms with Crippen LogP contribution in [-0.4, -0.2) is 51.0 Å². The molecule has 7 nitrogen and oxygen atoms in total. The zero-order chi connectivity index (χ0) is 12.0. The third kappa shape index (κ3) is 4.37. The number of aromatic nitrogens is 3. The van der Waals surface area contributed by atoms with Gasteiger partial charge in [-0.25, -0.2) is 0 Å². The third-order valence-corrected chi connectivity index (χ3v) is 1.94. The second kappa shape index (κ2) is 6.19. The van der Waals surface area contributed by atoms with E-state index < -0.39 is 12.1 Å². The Morgan fingerprint density at radius 3 is 3.06 bits per heavy atom. The predicted molar refractivity (Wildman–Crippen MR) is 53.9 cm³/mol. The lowest BCUT2D eigenvalue weighted by atomic mass is 10.2. The van der Waals surface area contributed by atoms with Crippen LogP contribution in [0.4, 0.5) is 0 Å². The number of rotatable bonds is 7. The summed E-state index contributed by atoms with van der Waals surface area (Å²) in [5, 5.41) is 25.5. The standard InChI is InChI=1S/C9H15N3O4/c1-16-6-8(13)4-7-5-12(11-10-7)3-2-9(14)15/h5,8,13H,2-4,6H2,1H3,(H,14,15)/t8-/m0/s1. The number of aliphatic carboxylic acids is 1. The molecule has 0 spiro atoms. The normalized spacial score (nSPS) is 12.6. The van der Waals surface area contributed by atoms with E-state index in [-0.39, 0.29) is 19.6 Å². The molecule has 1 rings (SSSR count). The highest BCUT2D eigenvalue weighted by molar-refractivity contribution is 5.66. The largest absolute Gasteiger partial charge is 0.481 e. The summed E-state index contributed by atoms with van der Waals surface area (Å²) in [7, 11) is 1.51. The maximum absolute atomic E-state index is 10.3. The predicted octanol–water partition coefficient (Wildman–Crippen LogP) is -0.697. The Morgan fingerprint density at radius 1 is 1.69 bits per heavy atom. The first-order chi connectivity index (χ1) is 7.61. The molecule has 0 fully saturated rings. The Bertz CT molecular complexity index is 339. The number of ether oxygens (including phenoxy) is 1. The molecule has 1 atom stereocenters. The Balaban J connectivity index is 2.41. The van der Waals surface area contributed by atoms with Crippen LogP contribution >= 0.6 is 0 Å². The summed E-state index contributed by atoms with van der Waals surface area (Å²) in [6.07, 6.45) is 1.36. The zero-order valence-electron chi connectivity index (χ0n) is 9.04. The van der Waals surface area contributed by atoms with E-state index in [0.29, 0.717) is 12.1 Å². The Labute approximate surface area is 92.6 Å². The minimum Gasteiger partial charge on any atom is -0.481 e. The fraction of sp³-hybridized carbons (Fsp3) is 0.667. The van der Waals surface area contributed by atoms with Crippen LogP contribution in [0.5, 0.6) is 0 Å². The Hall–Kier alpha value is -1.47. The monoisotopic (exact) mass is 229 g/mol. The van der Waals surface area contributed by atoms with E-state index in [1.807, 2.05) is 0 Å². The Morgan fingerprint density at radius 2 is 2.44 bits per heavy atom. The summed E-state index contributed by atoms with van der Waals surface area (Å²) in [6, 6.07) is 0. The maximum Gasteiger partial charge on any atom is 0.305 e. The molecular weight excluding hydrogens is 214 g/mol. The van der Waals surface area contributed by atoms with Crippen molar-refractivity contribution in [2.24, 2.45) is 0 Å². The van der Waals surface area contributed by atoms with Gasteiger partial charge in [-0.15, -0.1) is 5.10 Å². The van der Waals surface area contributed by atoms with Gasteiger partial charge in [-0.1, -0.05) is 5.21 Å². The van der Waals surface area contributed by atoms with E-state index in [2.05, 4.69) is 10.3 Å². The molecule has 2 N–H and O–H groups in total. The molecule has 0 radical (unpaired) electrons. The van der Waals surface area contributed by atoms with Crippen molar-refractivity contribution in [3.05, 3.63) is 11.9 Å². The van der Waals surface area contributed by atoms with Crippen molar-refractivity contribution in [2.45, 2.75) is 25.5 Å². The Kier molecular flexibility index (Phi) is 4.87. The van der Waals surface area contributed by atoms with Crippen LogP contribution in [0.1, 0.15) is 12.1 Å². The number of hydrogen-bond acceptors (Lipinski definition) is 5. The highest BCUT2D eigenvalue weighted by Crippen LogP contribution is 2.00. The molecule has 0 aliphatic carbocycles. The second-order valence-corrected chi connectivity index (χ2v) is 3.43. The van der Waals surface area contributed by atoms with Gasteiger partial charge in [0.2, 0.25) is 0 Å². The van der Waals surface area contributed by atoms with E-state index in [9.17, 15) is 9.90 Å². The molecular formula is C9H15N3O4. The molecule has 0 amide bonds. The summed E-state index contributed by atoms with van der Waals surface area (Å²) in [4.78, 5) is 10.3. The number of carbonyl (C=O) groups is 1. The molecule has 1 heterocycles. The van der Waals surface area contributed by atoms with Gasteiger partial charge in [-0.2, -0.15) is 0 Å². The third-order valence-electron chi connectivity index (χ3n) is 1.94. The van der Waals surface area contributed by atoms with Crippen molar-refractivity contribution in [2.75, 3.05) is 13.7 Å². The SMILES string of the molecule is COC[C@@H](O)Cc1cn(CCC(=O)O)nn1. The average Bonchev–Trinajstić information content (AvgIpc) is 2.63. The lowest BCUT2D eigenvalue weighted by Crippen LogP contribution is -2.17. The van der Waals surface area contributed by atoms with Crippen molar-refractivity contribution < 1.29 is 19.7 Å². The molecule has 7 heteroatoms. The summed E-state index contributed by atoms with van der Waals surface area (Å²) < 4.78 is 6.23. The van der Waals surface area contributed by atoms with Crippen molar-refractivity contribution in [1.29, 1.82) is 0 Å². The minimum atomic E-state index is -0.878. The zero-order valence-corrected chi connectivity index (χ0v) is 9.04. The van der Waals surface area contributed by atoms with Gasteiger partial charge in [0, 0.05) is 19.7 Å². The van der Waals surface area contributed by atoms with Crippen molar-refractivity contribution in [1.82, 2.24) is 15.0 Å². The van der Waals surface area contributed by atoms with E-state index in [1.165, 1.54) is 11.8 Å². The topological polar surface area (TPSA) is 97.5 Å². The van der Waals surface area contributed by atoms with E-state index in [1.54, 1.807) is 6.20 Å². The van der Waals surface area contributed by atoms with Crippen LogP contribution in [0.15, 0.2) is 6.20 Å². The molecule has 90 valence electrons. The van der Waals surface area contributed by atoms with Crippen LogP contribution in [-0.2, 0) is 22.5 Å². The lowest BCUT2D eigenvalue weighted by Gasteiger charge is -2.05. The number of methoxy groups -OCH3 is 1. The van der Waals surface area contributed by atoms with Crippen molar-refractivity contribution >= 4 is 5.97 Å². The molecule has 1 aromatic heterocycles. The second-order valence-electron chi connectivity index (χ2n) is 3.43. The van der Waals surface area contributed by atoms with E-state index in [0.717, 1.165) is 0 Å². The lowest BCUT2D eigenvalue weighted by molar-refractivity contribution is -0.137. The molecule has 0 aromatic carbocycles. The van der Waals surface area contributed by atoms with Crippen molar-refractivity contribution in [3.8, 4) is 0 Å². The fourth-order valence-corrected chi connectivity index (χ4v) is 1.24. The number of carboxylic acid groups (broad SMARTS) is 1. The molecule has 1 aromatic rings. The molecule has 0 aliphatic rings. The number of aliphatic hydroxyl groups excluding tert-OH is 1. The number of aryl methyl sites for hydroxylation is 1. The molecule has 0 unspecified atom stereocenters. The van der Waals surface area contributed by atoms with Crippen LogP contribution in [0.25, 0.3) is 0 Å². The van der Waals surface area contributed by atoms with Gasteiger partial charge < -0.3 is 14.9 Å². The first-order valence-corrected chi connectivity index (χ1v) is 4.89. The first kappa shape index (κ1) is 12.6. The van der Waals surface area contributed by atoms with Crippen LogP contribution in [0, 0.1) is 0 Å². The van der Waals surface area contributed by atoms with E-state index >= 15 is 0 Å². The van der Waals surface area contributed by atoms with Crippen LogP contribution in [0.2, 0.25) is 0 Å². The molecule has 0 saturated carbocycles. The van der Waals surface area contributed by atoms with E-state index in [4.69, 9.17) is 9.84 Å². The van der Waals surface area contributed by atoms with Crippen LogP contribution in [0.3, 0.4) is 0 Å². The average molecular weight is 229 g/mol. The van der Waals surface area contributed by atoms with Crippen molar-refractivity contribution in [3.63, 3.8) is 0 Å². The summed E-state index contributed by atoms with van der Waals surface area (Å²) in [6.45, 7) is 0.519. The summed E-state index contributed by atoms with van der Waals surface area (Å²) in [5.74, 6) is -0.878. The highest BCUT2D eigenvalue weighted by atomic mass is 16.5. The number of aliphatic hydroxyl groups is 1. The maximum atomic E-state index is 10.3. The fourth-order valence-electron chi connectivity index (χ4n) is 1.24. The van der Waals surface area contributed by atoms with Gasteiger partial charge in [0.1, 0.15) is 0 Å². The van der Waals surface area contributed by atoms with Gasteiger partial charge in [-0.05, 0) is 0 Å². The highest BCUT2D eigenvalue weighted by Gasteiger charge is 2.09. The van der Waals surface area contributed by atoms with Gasteiger partial charge in [0.05, 0.1) is 31.4 Å². The van der Waals surface area contributed by atoms with Gasteiger partial charge in [0.25, 0.3) is 0 Å². The van der Waals surface area contributed by atoms with Gasteiger partial charge >= 0.3 is 5.97 Å². The summed E-state index contributed by atoms with van der Waals surface area (Å²) in [5.41, 5.74) is 0.620.